The van der Waals surface area contributed by atoms with E-state index in [9.17, 15) is 13.2 Å². The fourth-order valence-corrected chi connectivity index (χ4v) is 3.85. The number of hydrogen-bond donors (Lipinski definition) is 1. The minimum atomic E-state index is -3.56. The van der Waals surface area contributed by atoms with E-state index in [1.807, 2.05) is 6.92 Å². The molecular weight excluding hydrogens is 354 g/mol. The third-order valence-corrected chi connectivity index (χ3v) is 5.44. The van der Waals surface area contributed by atoms with E-state index in [0.29, 0.717) is 24.6 Å². The third kappa shape index (κ3) is 6.49. The lowest BCUT2D eigenvalue weighted by molar-refractivity contribution is -0.119. The summed E-state index contributed by atoms with van der Waals surface area (Å²) in [5.74, 6) is 0.363. The van der Waals surface area contributed by atoms with Gasteiger partial charge in [-0.15, -0.1) is 0 Å². The Balaban J connectivity index is 1.87. The van der Waals surface area contributed by atoms with Gasteiger partial charge in [0.2, 0.25) is 15.9 Å². The van der Waals surface area contributed by atoms with Crippen molar-refractivity contribution in [3.63, 3.8) is 0 Å². The largest absolute Gasteiger partial charge is 0.494 e. The Morgan fingerprint density at radius 2 is 1.88 bits per heavy atom. The molecule has 8 heteroatoms. The fourth-order valence-electron chi connectivity index (χ4n) is 3.00. The lowest BCUT2D eigenvalue weighted by atomic mass is 10.3. The number of hydrogen-bond acceptors (Lipinski definition) is 5. The Bertz CT molecular complexity index is 670. The van der Waals surface area contributed by atoms with Crippen LogP contribution in [0, 0.1) is 0 Å². The van der Waals surface area contributed by atoms with Crippen molar-refractivity contribution in [2.24, 2.45) is 0 Å². The van der Waals surface area contributed by atoms with Crippen molar-refractivity contribution in [3.05, 3.63) is 24.3 Å². The van der Waals surface area contributed by atoms with Crippen LogP contribution in [0.5, 0.6) is 5.75 Å². The van der Waals surface area contributed by atoms with Gasteiger partial charge in [0.05, 0.1) is 18.6 Å². The first kappa shape index (κ1) is 20.5. The molecule has 0 aromatic heterocycles. The van der Waals surface area contributed by atoms with E-state index in [-0.39, 0.29) is 12.5 Å². The Hall–Kier alpha value is -1.80. The Morgan fingerprint density at radius 3 is 2.46 bits per heavy atom. The van der Waals surface area contributed by atoms with Crippen LogP contribution in [-0.2, 0) is 14.8 Å². The molecule has 1 aromatic rings. The standard InChI is InChI=1S/C18H29N3O4S/c1-3-25-17-9-7-16(8-10-17)21(26(2,23)24)15-18(22)19-11-6-14-20-12-4-5-13-20/h7-10H,3-6,11-15H2,1-2H3,(H,19,22). The number of ether oxygens (including phenoxy) is 1. The molecule has 1 aliphatic rings. The summed E-state index contributed by atoms with van der Waals surface area (Å²) in [6, 6.07) is 6.69. The summed E-state index contributed by atoms with van der Waals surface area (Å²) >= 11 is 0. The highest BCUT2D eigenvalue weighted by Crippen LogP contribution is 2.21. The van der Waals surface area contributed by atoms with Gasteiger partial charge in [0.25, 0.3) is 0 Å². The first-order chi connectivity index (χ1) is 12.4. The molecule has 1 amide bonds. The molecule has 1 aromatic carbocycles. The summed E-state index contributed by atoms with van der Waals surface area (Å²) in [6.45, 7) is 5.97. The number of sulfonamides is 1. The molecule has 1 fully saturated rings. The molecule has 146 valence electrons. The molecule has 0 atom stereocenters. The molecule has 0 saturated carbocycles. The molecule has 0 radical (unpaired) electrons. The topological polar surface area (TPSA) is 79.0 Å². The van der Waals surface area contributed by atoms with Crippen molar-refractivity contribution < 1.29 is 17.9 Å². The van der Waals surface area contributed by atoms with Gasteiger partial charge in [-0.2, -0.15) is 0 Å². The zero-order chi connectivity index (χ0) is 19.0. The van der Waals surface area contributed by atoms with Crippen molar-refractivity contribution in [2.45, 2.75) is 26.2 Å². The monoisotopic (exact) mass is 383 g/mol. The minimum absolute atomic E-state index is 0.226. The summed E-state index contributed by atoms with van der Waals surface area (Å²) in [5, 5.41) is 2.81. The van der Waals surface area contributed by atoms with Crippen LogP contribution < -0.4 is 14.4 Å². The molecule has 2 rings (SSSR count). The summed E-state index contributed by atoms with van der Waals surface area (Å²) < 4.78 is 30.7. The Kier molecular flexibility index (Phi) is 7.71. The van der Waals surface area contributed by atoms with Crippen LogP contribution in [0.1, 0.15) is 26.2 Å². The maximum absolute atomic E-state index is 12.2. The number of rotatable bonds is 10. The first-order valence-corrected chi connectivity index (χ1v) is 10.9. The second-order valence-corrected chi connectivity index (χ2v) is 8.36. The van der Waals surface area contributed by atoms with Crippen molar-refractivity contribution in [3.8, 4) is 5.75 Å². The minimum Gasteiger partial charge on any atom is -0.494 e. The average molecular weight is 384 g/mol. The Morgan fingerprint density at radius 1 is 1.23 bits per heavy atom. The van der Waals surface area contributed by atoms with Gasteiger partial charge < -0.3 is 15.0 Å². The van der Waals surface area contributed by atoms with Crippen molar-refractivity contribution in [2.75, 3.05) is 49.9 Å². The highest BCUT2D eigenvalue weighted by Gasteiger charge is 2.20. The molecule has 0 aliphatic carbocycles. The number of carbonyl (C=O) groups is 1. The van der Waals surface area contributed by atoms with Crippen LogP contribution in [0.25, 0.3) is 0 Å². The zero-order valence-electron chi connectivity index (χ0n) is 15.6. The molecule has 1 N–H and O–H groups in total. The van der Waals surface area contributed by atoms with Gasteiger partial charge in [-0.1, -0.05) is 0 Å². The highest BCUT2D eigenvalue weighted by atomic mass is 32.2. The predicted molar refractivity (Wildman–Crippen MR) is 103 cm³/mol. The number of nitrogens with zero attached hydrogens (tertiary/aromatic N) is 2. The lowest BCUT2D eigenvalue weighted by Gasteiger charge is -2.22. The number of likely N-dealkylation sites (tertiary alicyclic amines) is 1. The SMILES string of the molecule is CCOc1ccc(N(CC(=O)NCCCN2CCCC2)S(C)(=O)=O)cc1. The van der Waals surface area contributed by atoms with Gasteiger partial charge in [-0.25, -0.2) is 8.42 Å². The molecule has 7 nitrogen and oxygen atoms in total. The van der Waals surface area contributed by atoms with Crippen LogP contribution in [-0.4, -0.2) is 64.8 Å². The molecule has 0 spiro atoms. The molecule has 1 saturated heterocycles. The van der Waals surface area contributed by atoms with Gasteiger partial charge in [-0.05, 0) is 70.1 Å². The van der Waals surface area contributed by atoms with Gasteiger partial charge >= 0.3 is 0 Å². The normalized spacial score (nSPS) is 15.0. The van der Waals surface area contributed by atoms with E-state index in [1.54, 1.807) is 24.3 Å². The van der Waals surface area contributed by atoms with Crippen molar-refractivity contribution >= 4 is 21.6 Å². The second-order valence-electron chi connectivity index (χ2n) is 6.45. The van der Waals surface area contributed by atoms with E-state index >= 15 is 0 Å². The van der Waals surface area contributed by atoms with E-state index in [2.05, 4.69) is 10.2 Å². The lowest BCUT2D eigenvalue weighted by Crippen LogP contribution is -2.41. The molecule has 1 heterocycles. The second kappa shape index (κ2) is 9.78. The summed E-state index contributed by atoms with van der Waals surface area (Å²) in [5.41, 5.74) is 0.447. The van der Waals surface area contributed by atoms with Gasteiger partial charge in [0, 0.05) is 6.54 Å². The summed E-state index contributed by atoms with van der Waals surface area (Å²) in [7, 11) is -3.56. The Labute approximate surface area is 156 Å². The predicted octanol–water partition coefficient (Wildman–Crippen LogP) is 1.45. The molecule has 1 aliphatic heterocycles. The molecule has 0 unspecified atom stereocenters. The quantitative estimate of drug-likeness (QED) is 0.619. The maximum atomic E-state index is 12.2. The maximum Gasteiger partial charge on any atom is 0.240 e. The fraction of sp³-hybridized carbons (Fsp3) is 0.611. The van der Waals surface area contributed by atoms with E-state index in [4.69, 9.17) is 4.74 Å². The number of anilines is 1. The van der Waals surface area contributed by atoms with Crippen molar-refractivity contribution in [1.29, 1.82) is 0 Å². The number of benzene rings is 1. The van der Waals surface area contributed by atoms with E-state index in [1.165, 1.54) is 12.8 Å². The number of amides is 1. The van der Waals surface area contributed by atoms with Crippen LogP contribution in [0.4, 0.5) is 5.69 Å². The number of carbonyl (C=O) groups excluding carboxylic acids is 1. The molecule has 0 bridgehead atoms. The summed E-state index contributed by atoms with van der Waals surface area (Å²) in [4.78, 5) is 14.6. The van der Waals surface area contributed by atoms with Gasteiger partial charge in [-0.3, -0.25) is 9.10 Å². The first-order valence-electron chi connectivity index (χ1n) is 9.10. The van der Waals surface area contributed by atoms with E-state index < -0.39 is 10.0 Å². The molecule has 26 heavy (non-hydrogen) atoms. The smallest absolute Gasteiger partial charge is 0.240 e. The van der Waals surface area contributed by atoms with Crippen LogP contribution in [0.15, 0.2) is 24.3 Å². The number of nitrogens with one attached hydrogen (secondary N) is 1. The van der Waals surface area contributed by atoms with Crippen LogP contribution >= 0.6 is 0 Å². The van der Waals surface area contributed by atoms with Gasteiger partial charge in [0.1, 0.15) is 12.3 Å². The van der Waals surface area contributed by atoms with E-state index in [0.717, 1.165) is 36.6 Å². The average Bonchev–Trinajstić information content (AvgIpc) is 3.10. The third-order valence-electron chi connectivity index (χ3n) is 4.30. The highest BCUT2D eigenvalue weighted by molar-refractivity contribution is 7.92. The summed E-state index contributed by atoms with van der Waals surface area (Å²) in [6.07, 6.45) is 4.47. The van der Waals surface area contributed by atoms with Gasteiger partial charge in [0.15, 0.2) is 0 Å². The van der Waals surface area contributed by atoms with Crippen LogP contribution in [0.3, 0.4) is 0 Å². The molecular formula is C18H29N3O4S. The van der Waals surface area contributed by atoms with Crippen LogP contribution in [0.2, 0.25) is 0 Å². The zero-order valence-corrected chi connectivity index (χ0v) is 16.4. The van der Waals surface area contributed by atoms with Crippen molar-refractivity contribution in [1.82, 2.24) is 10.2 Å².